The quantitative estimate of drug-likeness (QED) is 0.277. The van der Waals surface area contributed by atoms with Gasteiger partial charge in [-0.2, -0.15) is 0 Å². The minimum absolute atomic E-state index is 0.0275. The van der Waals surface area contributed by atoms with Crippen LogP contribution in [-0.4, -0.2) is 42.9 Å². The van der Waals surface area contributed by atoms with E-state index in [1.54, 1.807) is 0 Å². The van der Waals surface area contributed by atoms with Crippen LogP contribution in [0.3, 0.4) is 0 Å². The first kappa shape index (κ1) is 27.0. The third-order valence-electron chi connectivity index (χ3n) is 8.15. The molecule has 37 heavy (non-hydrogen) atoms. The molecule has 5 heteroatoms. The summed E-state index contributed by atoms with van der Waals surface area (Å²) in [5.41, 5.74) is 5.59. The third-order valence-corrected chi connectivity index (χ3v) is 12.6. The van der Waals surface area contributed by atoms with Crippen molar-refractivity contribution in [3.05, 3.63) is 89.2 Å². The van der Waals surface area contributed by atoms with Gasteiger partial charge >= 0.3 is 0 Å². The molecule has 0 unspecified atom stereocenters. The summed E-state index contributed by atoms with van der Waals surface area (Å²) in [5, 5.41) is 0.0275. The Bertz CT molecular complexity index is 1300. The average Bonchev–Trinajstić information content (AvgIpc) is 3.34. The van der Waals surface area contributed by atoms with Gasteiger partial charge in [-0.3, -0.25) is 4.79 Å². The number of likely N-dealkylation sites (tertiary alicyclic amines) is 1. The maximum absolute atomic E-state index is 13.0. The van der Waals surface area contributed by atoms with Crippen molar-refractivity contribution in [2.45, 2.75) is 77.2 Å². The predicted molar refractivity (Wildman–Crippen MR) is 155 cm³/mol. The fourth-order valence-corrected chi connectivity index (χ4v) is 6.14. The van der Waals surface area contributed by atoms with Gasteiger partial charge < -0.3 is 13.9 Å². The average molecular weight is 513 g/mol. The van der Waals surface area contributed by atoms with Crippen LogP contribution in [0, 0.1) is 25.7 Å². The lowest BCUT2D eigenvalue weighted by molar-refractivity contribution is -0.128. The second-order valence-corrected chi connectivity index (χ2v) is 16.5. The first-order valence-corrected chi connectivity index (χ1v) is 16.1. The lowest BCUT2D eigenvalue weighted by atomic mass is 9.88. The first-order chi connectivity index (χ1) is 17.4. The topological polar surface area (TPSA) is 34.5 Å². The minimum atomic E-state index is -2.17. The van der Waals surface area contributed by atoms with Crippen molar-refractivity contribution in [2.75, 3.05) is 7.05 Å². The second kappa shape index (κ2) is 10.4. The molecule has 1 aliphatic rings. The Morgan fingerprint density at radius 2 is 1.62 bits per heavy atom. The number of amides is 1. The number of aryl methyl sites for hydroxylation is 2. The van der Waals surface area contributed by atoms with Crippen molar-refractivity contribution in [1.82, 2.24) is 9.47 Å². The van der Waals surface area contributed by atoms with Crippen LogP contribution in [0.5, 0.6) is 0 Å². The predicted octanol–water partition coefficient (Wildman–Crippen LogP) is 6.85. The van der Waals surface area contributed by atoms with Gasteiger partial charge in [-0.25, -0.2) is 0 Å². The van der Waals surface area contributed by atoms with E-state index in [2.05, 4.69) is 107 Å². The van der Waals surface area contributed by atoms with Crippen LogP contribution < -0.4 is 0 Å². The van der Waals surface area contributed by atoms with Gasteiger partial charge in [-0.1, -0.05) is 69.0 Å². The number of benzene rings is 2. The highest BCUT2D eigenvalue weighted by atomic mass is 28.4. The zero-order valence-corrected chi connectivity index (χ0v) is 24.5. The third kappa shape index (κ3) is 5.61. The molecule has 4 nitrogen and oxygen atoms in total. The van der Waals surface area contributed by atoms with Gasteiger partial charge in [-0.05, 0) is 67.9 Å². The molecule has 2 heterocycles. The Labute approximate surface area is 223 Å². The number of aromatic nitrogens is 1. The zero-order chi connectivity index (χ0) is 27.0. The molecule has 2 aromatic carbocycles. The van der Waals surface area contributed by atoms with Crippen molar-refractivity contribution < 1.29 is 9.22 Å². The molecule has 1 aromatic heterocycles. The molecule has 1 amide bonds. The molecule has 0 radical (unpaired) electrons. The van der Waals surface area contributed by atoms with E-state index in [-0.39, 0.29) is 29.0 Å². The van der Waals surface area contributed by atoms with Gasteiger partial charge in [0, 0.05) is 42.0 Å². The summed E-state index contributed by atoms with van der Waals surface area (Å²) in [5.74, 6) is 7.14. The van der Waals surface area contributed by atoms with Gasteiger partial charge in [0.1, 0.15) is 6.10 Å². The standard InChI is InChI=1S/C32H40N2O2Si/c1-23-17-18-24(2)34(23)27-16-12-13-25(21-27)19-20-29(36-37(7,8)32(3,4)5)31-28(22-30(35)33(31)6)26-14-10-9-11-15-26/h9-18,21,28-29,31H,22H2,1-8H3/t28-,29-,31-/m1/s1. The Morgan fingerprint density at radius 1 is 0.973 bits per heavy atom. The summed E-state index contributed by atoms with van der Waals surface area (Å²) in [6, 6.07) is 22.8. The lowest BCUT2D eigenvalue weighted by Crippen LogP contribution is -2.50. The van der Waals surface area contributed by atoms with Crippen LogP contribution in [0.25, 0.3) is 5.69 Å². The second-order valence-electron chi connectivity index (χ2n) is 11.8. The molecule has 0 spiro atoms. The number of hydrogen-bond donors (Lipinski definition) is 0. The Morgan fingerprint density at radius 3 is 2.24 bits per heavy atom. The fraction of sp³-hybridized carbons (Fsp3) is 0.406. The Balaban J connectivity index is 1.76. The largest absolute Gasteiger partial charge is 0.401 e. The SMILES string of the molecule is Cc1ccc(C)n1-c1cccc(C#C[C@@H](O[Si](C)(C)C(C)(C)C)[C@H]2[C@@H](c3ccccc3)CC(=O)N2C)c1. The van der Waals surface area contributed by atoms with Crippen molar-refractivity contribution >= 4 is 14.2 Å². The smallest absolute Gasteiger partial charge is 0.223 e. The Kier molecular flexibility index (Phi) is 7.55. The normalized spacial score (nSPS) is 19.0. The monoisotopic (exact) mass is 512 g/mol. The van der Waals surface area contributed by atoms with Crippen LogP contribution >= 0.6 is 0 Å². The van der Waals surface area contributed by atoms with Crippen LogP contribution in [-0.2, 0) is 9.22 Å². The number of nitrogens with zero attached hydrogens (tertiary/aromatic N) is 2. The zero-order valence-electron chi connectivity index (χ0n) is 23.5. The molecule has 0 bridgehead atoms. The van der Waals surface area contributed by atoms with E-state index in [0.717, 1.165) is 16.8 Å². The van der Waals surface area contributed by atoms with Gasteiger partial charge in [0.2, 0.25) is 5.91 Å². The van der Waals surface area contributed by atoms with Crippen molar-refractivity contribution in [2.24, 2.45) is 0 Å². The van der Waals surface area contributed by atoms with Gasteiger partial charge in [-0.15, -0.1) is 0 Å². The molecule has 3 aromatic rings. The van der Waals surface area contributed by atoms with Crippen LogP contribution in [0.2, 0.25) is 18.1 Å². The number of carbonyl (C=O) groups is 1. The number of carbonyl (C=O) groups excluding carboxylic acids is 1. The fourth-order valence-electron chi connectivity index (χ4n) is 4.95. The van der Waals surface area contributed by atoms with Crippen LogP contribution in [0.4, 0.5) is 0 Å². The summed E-state index contributed by atoms with van der Waals surface area (Å²) in [6.45, 7) is 15.5. The van der Waals surface area contributed by atoms with Gasteiger partial charge in [0.25, 0.3) is 0 Å². The Hall–Kier alpha value is -3.07. The summed E-state index contributed by atoms with van der Waals surface area (Å²) >= 11 is 0. The molecule has 4 rings (SSSR count). The maximum Gasteiger partial charge on any atom is 0.223 e. The molecule has 3 atom stereocenters. The molecular formula is C32H40N2O2Si. The number of likely N-dealkylation sites (N-methyl/N-ethyl adjacent to an activating group) is 1. The van der Waals surface area contributed by atoms with E-state index >= 15 is 0 Å². The van der Waals surface area contributed by atoms with Crippen LogP contribution in [0.15, 0.2) is 66.7 Å². The van der Waals surface area contributed by atoms with Crippen molar-refractivity contribution in [3.8, 4) is 17.5 Å². The summed E-state index contributed by atoms with van der Waals surface area (Å²) in [4.78, 5) is 14.8. The number of rotatable bonds is 5. The number of hydrogen-bond acceptors (Lipinski definition) is 2. The highest BCUT2D eigenvalue weighted by molar-refractivity contribution is 6.74. The summed E-state index contributed by atoms with van der Waals surface area (Å²) < 4.78 is 9.23. The van der Waals surface area contributed by atoms with E-state index in [9.17, 15) is 4.79 Å². The highest BCUT2D eigenvalue weighted by Gasteiger charge is 2.47. The van der Waals surface area contributed by atoms with E-state index in [4.69, 9.17) is 4.43 Å². The van der Waals surface area contributed by atoms with Crippen molar-refractivity contribution in [3.63, 3.8) is 0 Å². The van der Waals surface area contributed by atoms with Gasteiger partial charge in [0.15, 0.2) is 8.32 Å². The summed E-state index contributed by atoms with van der Waals surface area (Å²) in [6.07, 6.45) is 0.0903. The van der Waals surface area contributed by atoms with E-state index in [0.29, 0.717) is 6.42 Å². The maximum atomic E-state index is 13.0. The molecule has 1 saturated heterocycles. The van der Waals surface area contributed by atoms with E-state index < -0.39 is 8.32 Å². The minimum Gasteiger partial charge on any atom is -0.401 e. The highest BCUT2D eigenvalue weighted by Crippen LogP contribution is 2.41. The molecule has 0 aliphatic carbocycles. The first-order valence-electron chi connectivity index (χ1n) is 13.1. The molecule has 1 fully saturated rings. The van der Waals surface area contributed by atoms with Gasteiger partial charge in [0.05, 0.1) is 6.04 Å². The van der Waals surface area contributed by atoms with Crippen molar-refractivity contribution in [1.29, 1.82) is 0 Å². The van der Waals surface area contributed by atoms with E-state index in [1.807, 2.05) is 36.2 Å². The molecule has 1 aliphatic heterocycles. The molecule has 194 valence electrons. The van der Waals surface area contributed by atoms with E-state index in [1.165, 1.54) is 11.4 Å². The lowest BCUT2D eigenvalue weighted by Gasteiger charge is -2.41. The molecule has 0 saturated carbocycles. The van der Waals surface area contributed by atoms with Crippen LogP contribution in [0.1, 0.15) is 55.6 Å². The molecule has 0 N–H and O–H groups in total. The summed E-state index contributed by atoms with van der Waals surface area (Å²) in [7, 11) is -0.269. The molecular weight excluding hydrogens is 472 g/mol.